The molecule has 4 heteroatoms. The minimum absolute atomic E-state index is 0.0998. The Morgan fingerprint density at radius 2 is 2.11 bits per heavy atom. The molecule has 18 heavy (non-hydrogen) atoms. The van der Waals surface area contributed by atoms with Crippen LogP contribution >= 0.6 is 15.9 Å². The van der Waals surface area contributed by atoms with E-state index in [1.807, 2.05) is 26.1 Å². The molecular formula is C14H16BrNO2. The molecular weight excluding hydrogens is 294 g/mol. The van der Waals surface area contributed by atoms with Gasteiger partial charge in [-0.3, -0.25) is 0 Å². The summed E-state index contributed by atoms with van der Waals surface area (Å²) >= 11 is 3.42. The largest absolute Gasteiger partial charge is 0.496 e. The van der Waals surface area contributed by atoms with Crippen molar-refractivity contribution in [3.8, 4) is 5.75 Å². The van der Waals surface area contributed by atoms with E-state index in [0.717, 1.165) is 21.5 Å². The van der Waals surface area contributed by atoms with Crippen molar-refractivity contribution in [2.45, 2.75) is 13.0 Å². The van der Waals surface area contributed by atoms with Gasteiger partial charge in [0.2, 0.25) is 0 Å². The van der Waals surface area contributed by atoms with Crippen LogP contribution in [-0.2, 0) is 0 Å². The second kappa shape index (κ2) is 5.59. The molecule has 0 amide bonds. The molecule has 0 spiro atoms. The van der Waals surface area contributed by atoms with Crippen molar-refractivity contribution in [2.75, 3.05) is 14.2 Å². The van der Waals surface area contributed by atoms with Crippen molar-refractivity contribution < 1.29 is 9.15 Å². The average Bonchev–Trinajstić information content (AvgIpc) is 2.77. The van der Waals surface area contributed by atoms with Crippen LogP contribution in [0.2, 0.25) is 0 Å². The summed E-state index contributed by atoms with van der Waals surface area (Å²) in [5, 5.41) is 3.30. The third-order valence-electron chi connectivity index (χ3n) is 3.00. The average molecular weight is 310 g/mol. The number of hydrogen-bond donors (Lipinski definition) is 1. The van der Waals surface area contributed by atoms with Crippen molar-refractivity contribution in [3.05, 3.63) is 51.9 Å². The topological polar surface area (TPSA) is 34.4 Å². The summed E-state index contributed by atoms with van der Waals surface area (Å²) in [4.78, 5) is 0. The van der Waals surface area contributed by atoms with Gasteiger partial charge < -0.3 is 14.5 Å². The van der Waals surface area contributed by atoms with Gasteiger partial charge in [0.1, 0.15) is 5.75 Å². The zero-order valence-electron chi connectivity index (χ0n) is 10.7. The summed E-state index contributed by atoms with van der Waals surface area (Å²) in [5.41, 5.74) is 3.38. The van der Waals surface area contributed by atoms with E-state index in [0.29, 0.717) is 0 Å². The third-order valence-corrected chi connectivity index (χ3v) is 3.64. The van der Waals surface area contributed by atoms with E-state index >= 15 is 0 Å². The standard InChI is InChI=1S/C14H16BrNO2/c1-9-8-10(4-5-12(9)17-3)13(16-2)11-6-7-18-14(11)15/h4-8,13,16H,1-3H3. The van der Waals surface area contributed by atoms with Crippen molar-refractivity contribution >= 4 is 15.9 Å². The van der Waals surface area contributed by atoms with Crippen molar-refractivity contribution in [2.24, 2.45) is 0 Å². The van der Waals surface area contributed by atoms with Crippen LogP contribution in [0.4, 0.5) is 0 Å². The maximum absolute atomic E-state index is 5.30. The minimum Gasteiger partial charge on any atom is -0.496 e. The van der Waals surface area contributed by atoms with Crippen molar-refractivity contribution in [1.29, 1.82) is 0 Å². The Labute approximate surface area is 115 Å². The van der Waals surface area contributed by atoms with Gasteiger partial charge >= 0.3 is 0 Å². The summed E-state index contributed by atoms with van der Waals surface area (Å²) in [7, 11) is 3.62. The molecule has 96 valence electrons. The van der Waals surface area contributed by atoms with Crippen molar-refractivity contribution in [3.63, 3.8) is 0 Å². The lowest BCUT2D eigenvalue weighted by Gasteiger charge is -2.17. The molecule has 1 atom stereocenters. The Kier molecular flexibility index (Phi) is 4.09. The maximum atomic E-state index is 5.30. The predicted octanol–water partition coefficient (Wildman–Crippen LogP) is 3.67. The highest BCUT2D eigenvalue weighted by Gasteiger charge is 2.17. The van der Waals surface area contributed by atoms with Gasteiger partial charge in [0.25, 0.3) is 0 Å². The first kappa shape index (κ1) is 13.2. The monoisotopic (exact) mass is 309 g/mol. The van der Waals surface area contributed by atoms with Crippen LogP contribution in [0.5, 0.6) is 5.75 Å². The van der Waals surface area contributed by atoms with E-state index in [-0.39, 0.29) is 6.04 Å². The summed E-state index contributed by atoms with van der Waals surface area (Å²) < 4.78 is 11.3. The van der Waals surface area contributed by atoms with E-state index in [2.05, 4.69) is 33.4 Å². The zero-order chi connectivity index (χ0) is 13.1. The van der Waals surface area contributed by atoms with E-state index < -0.39 is 0 Å². The molecule has 0 aliphatic rings. The molecule has 2 rings (SSSR count). The van der Waals surface area contributed by atoms with E-state index in [9.17, 15) is 0 Å². The van der Waals surface area contributed by atoms with E-state index in [4.69, 9.17) is 9.15 Å². The summed E-state index contributed by atoms with van der Waals surface area (Å²) in [6.07, 6.45) is 1.68. The molecule has 0 saturated carbocycles. The smallest absolute Gasteiger partial charge is 0.174 e. The van der Waals surface area contributed by atoms with E-state index in [1.165, 1.54) is 5.56 Å². The third kappa shape index (κ3) is 2.44. The Bertz CT molecular complexity index is 536. The highest BCUT2D eigenvalue weighted by Crippen LogP contribution is 2.31. The Balaban J connectivity index is 2.40. The van der Waals surface area contributed by atoms with Crippen LogP contribution in [0.15, 0.2) is 39.6 Å². The maximum Gasteiger partial charge on any atom is 0.174 e. The first-order valence-corrected chi connectivity index (χ1v) is 6.51. The van der Waals surface area contributed by atoms with Gasteiger partial charge in [0.15, 0.2) is 4.67 Å². The molecule has 1 unspecified atom stereocenters. The van der Waals surface area contributed by atoms with Gasteiger partial charge in [-0.1, -0.05) is 12.1 Å². The summed E-state index contributed by atoms with van der Waals surface area (Å²) in [6.45, 7) is 2.04. The number of benzene rings is 1. The lowest BCUT2D eigenvalue weighted by atomic mass is 9.99. The molecule has 0 aliphatic heterocycles. The number of rotatable bonds is 4. The predicted molar refractivity (Wildman–Crippen MR) is 75.0 cm³/mol. The van der Waals surface area contributed by atoms with Gasteiger partial charge in [-0.15, -0.1) is 0 Å². The zero-order valence-corrected chi connectivity index (χ0v) is 12.2. The minimum atomic E-state index is 0.0998. The molecule has 0 bridgehead atoms. The molecule has 1 aromatic heterocycles. The first-order chi connectivity index (χ1) is 8.67. The van der Waals surface area contributed by atoms with Crippen molar-refractivity contribution in [1.82, 2.24) is 5.32 Å². The van der Waals surface area contributed by atoms with Crippen LogP contribution in [-0.4, -0.2) is 14.2 Å². The number of methoxy groups -OCH3 is 1. The summed E-state index contributed by atoms with van der Waals surface area (Å²) in [6, 6.07) is 8.24. The van der Waals surface area contributed by atoms with Gasteiger partial charge in [-0.2, -0.15) is 0 Å². The highest BCUT2D eigenvalue weighted by atomic mass is 79.9. The molecule has 3 nitrogen and oxygen atoms in total. The van der Waals surface area contributed by atoms with E-state index in [1.54, 1.807) is 13.4 Å². The quantitative estimate of drug-likeness (QED) is 0.935. The Hall–Kier alpha value is -1.26. The van der Waals surface area contributed by atoms with Crippen LogP contribution in [0.3, 0.4) is 0 Å². The summed E-state index contributed by atoms with van der Waals surface area (Å²) in [5.74, 6) is 0.903. The molecule has 0 radical (unpaired) electrons. The fourth-order valence-corrected chi connectivity index (χ4v) is 2.56. The van der Waals surface area contributed by atoms with Gasteiger partial charge in [0.05, 0.1) is 19.4 Å². The highest BCUT2D eigenvalue weighted by molar-refractivity contribution is 9.10. The van der Waals surface area contributed by atoms with Crippen LogP contribution in [0.1, 0.15) is 22.7 Å². The number of furan rings is 1. The number of hydrogen-bond acceptors (Lipinski definition) is 3. The first-order valence-electron chi connectivity index (χ1n) is 5.72. The number of aryl methyl sites for hydroxylation is 1. The molecule has 2 aromatic rings. The van der Waals surface area contributed by atoms with Crippen LogP contribution in [0.25, 0.3) is 0 Å². The molecule has 0 saturated heterocycles. The fourth-order valence-electron chi connectivity index (χ4n) is 2.09. The van der Waals surface area contributed by atoms with Gasteiger partial charge in [0, 0.05) is 5.56 Å². The van der Waals surface area contributed by atoms with Gasteiger partial charge in [-0.25, -0.2) is 0 Å². The second-order valence-electron chi connectivity index (χ2n) is 4.10. The lowest BCUT2D eigenvalue weighted by molar-refractivity contribution is 0.411. The Morgan fingerprint density at radius 3 is 2.61 bits per heavy atom. The van der Waals surface area contributed by atoms with Crippen LogP contribution < -0.4 is 10.1 Å². The normalized spacial score (nSPS) is 12.4. The Morgan fingerprint density at radius 1 is 1.33 bits per heavy atom. The number of halogens is 1. The fraction of sp³-hybridized carbons (Fsp3) is 0.286. The number of nitrogens with one attached hydrogen (secondary N) is 1. The van der Waals surface area contributed by atoms with Gasteiger partial charge in [-0.05, 0) is 53.2 Å². The molecule has 1 heterocycles. The SMILES string of the molecule is CNC(c1ccc(OC)c(C)c1)c1ccoc1Br. The lowest BCUT2D eigenvalue weighted by Crippen LogP contribution is -2.17. The number of ether oxygens (including phenoxy) is 1. The molecule has 0 aliphatic carbocycles. The van der Waals surface area contributed by atoms with Crippen LogP contribution in [0, 0.1) is 6.92 Å². The molecule has 0 fully saturated rings. The second-order valence-corrected chi connectivity index (χ2v) is 4.82. The molecule has 1 N–H and O–H groups in total. The molecule has 1 aromatic carbocycles.